The van der Waals surface area contributed by atoms with Gasteiger partial charge in [-0.25, -0.2) is 0 Å². The fraction of sp³-hybridized carbons (Fsp3) is 0.375. The second-order valence-electron chi connectivity index (χ2n) is 8.29. The Morgan fingerprint density at radius 3 is 2.32 bits per heavy atom. The van der Waals surface area contributed by atoms with Gasteiger partial charge in [-0.2, -0.15) is 0 Å². The van der Waals surface area contributed by atoms with Crippen LogP contribution in [0.5, 0.6) is 0 Å². The molecular weight excluding hydrogens is 392 g/mol. The molecular formula is C24H28N4O3. The van der Waals surface area contributed by atoms with Crippen molar-refractivity contribution < 1.29 is 14.4 Å². The Labute approximate surface area is 182 Å². The van der Waals surface area contributed by atoms with Crippen molar-refractivity contribution in [1.29, 1.82) is 0 Å². The molecule has 162 valence electrons. The summed E-state index contributed by atoms with van der Waals surface area (Å²) in [5, 5.41) is 2.76. The van der Waals surface area contributed by atoms with E-state index < -0.39 is 0 Å². The van der Waals surface area contributed by atoms with Crippen molar-refractivity contribution in [2.24, 2.45) is 11.7 Å². The molecule has 1 unspecified atom stereocenters. The van der Waals surface area contributed by atoms with Gasteiger partial charge in [0.15, 0.2) is 0 Å². The zero-order chi connectivity index (χ0) is 22.1. The average molecular weight is 421 g/mol. The largest absolute Gasteiger partial charge is 0.351 e. The van der Waals surface area contributed by atoms with E-state index in [1.165, 1.54) is 0 Å². The topological polar surface area (TPSA) is 95.7 Å². The van der Waals surface area contributed by atoms with E-state index >= 15 is 0 Å². The summed E-state index contributed by atoms with van der Waals surface area (Å²) in [6, 6.07) is 13.1. The summed E-state index contributed by atoms with van der Waals surface area (Å²) in [5.41, 5.74) is 9.40. The fourth-order valence-corrected chi connectivity index (χ4v) is 4.15. The summed E-state index contributed by atoms with van der Waals surface area (Å²) >= 11 is 0. The van der Waals surface area contributed by atoms with Crippen LogP contribution in [0.25, 0.3) is 11.1 Å². The van der Waals surface area contributed by atoms with Crippen LogP contribution in [0.4, 0.5) is 11.4 Å². The van der Waals surface area contributed by atoms with Gasteiger partial charge >= 0.3 is 0 Å². The predicted molar refractivity (Wildman–Crippen MR) is 121 cm³/mol. The number of fused-ring (bicyclic) bond motifs is 1. The highest BCUT2D eigenvalue weighted by Gasteiger charge is 2.39. The van der Waals surface area contributed by atoms with Crippen LogP contribution >= 0.6 is 0 Å². The van der Waals surface area contributed by atoms with E-state index in [2.05, 4.69) is 5.32 Å². The molecule has 1 aliphatic heterocycles. The van der Waals surface area contributed by atoms with Crippen LogP contribution in [0, 0.1) is 5.92 Å². The van der Waals surface area contributed by atoms with E-state index in [1.54, 1.807) is 24.0 Å². The highest BCUT2D eigenvalue weighted by atomic mass is 16.2. The molecule has 3 amide bonds. The van der Waals surface area contributed by atoms with Gasteiger partial charge in [0.2, 0.25) is 11.8 Å². The van der Waals surface area contributed by atoms with Gasteiger partial charge in [0.25, 0.3) is 5.91 Å². The molecule has 7 nitrogen and oxygen atoms in total. The van der Waals surface area contributed by atoms with Gasteiger partial charge in [-0.1, -0.05) is 18.2 Å². The van der Waals surface area contributed by atoms with Crippen LogP contribution < -0.4 is 20.9 Å². The standard InChI is InChI=1S/C24H28N4O3/c1-15-14-27(24(31)19-7-8-19)22-13-20(9-10-21(22)28(15)16(2)29)17-3-5-18(6-4-17)23(30)26-12-11-25/h3-6,9-10,13,15,19H,7-8,11-12,14,25H2,1-2H3,(H,26,30). The van der Waals surface area contributed by atoms with E-state index in [0.717, 1.165) is 35.3 Å². The molecule has 4 rings (SSSR count). The molecule has 0 aromatic heterocycles. The average Bonchev–Trinajstić information content (AvgIpc) is 3.61. The normalized spacial score (nSPS) is 17.8. The van der Waals surface area contributed by atoms with Crippen LogP contribution in [-0.2, 0) is 9.59 Å². The lowest BCUT2D eigenvalue weighted by atomic mass is 9.99. The van der Waals surface area contributed by atoms with Crippen LogP contribution in [0.3, 0.4) is 0 Å². The molecule has 0 saturated heterocycles. The molecule has 1 heterocycles. The van der Waals surface area contributed by atoms with Gasteiger partial charge < -0.3 is 20.9 Å². The lowest BCUT2D eigenvalue weighted by molar-refractivity contribution is -0.120. The van der Waals surface area contributed by atoms with Crippen molar-refractivity contribution >= 4 is 29.1 Å². The van der Waals surface area contributed by atoms with Crippen molar-refractivity contribution in [3.05, 3.63) is 48.0 Å². The van der Waals surface area contributed by atoms with Crippen LogP contribution in [0.1, 0.15) is 37.0 Å². The van der Waals surface area contributed by atoms with Crippen LogP contribution in [-0.4, -0.2) is 43.4 Å². The first kappa shape index (κ1) is 21.1. The van der Waals surface area contributed by atoms with Crippen molar-refractivity contribution in [1.82, 2.24) is 5.32 Å². The number of amides is 3. The number of carbonyl (C=O) groups is 3. The Morgan fingerprint density at radius 1 is 1.03 bits per heavy atom. The lowest BCUT2D eigenvalue weighted by Gasteiger charge is -2.41. The molecule has 31 heavy (non-hydrogen) atoms. The van der Waals surface area contributed by atoms with Crippen LogP contribution in [0.15, 0.2) is 42.5 Å². The van der Waals surface area contributed by atoms with Crippen molar-refractivity contribution in [2.45, 2.75) is 32.7 Å². The Kier molecular flexibility index (Phi) is 5.78. The van der Waals surface area contributed by atoms with Gasteiger partial charge in [-0.05, 0) is 55.2 Å². The molecule has 0 radical (unpaired) electrons. The molecule has 7 heteroatoms. The molecule has 1 fully saturated rings. The summed E-state index contributed by atoms with van der Waals surface area (Å²) in [6.45, 7) is 4.85. The monoisotopic (exact) mass is 420 g/mol. The van der Waals surface area contributed by atoms with Gasteiger partial charge in [-0.15, -0.1) is 0 Å². The first-order valence-electron chi connectivity index (χ1n) is 10.7. The first-order valence-corrected chi connectivity index (χ1v) is 10.7. The number of nitrogens with one attached hydrogen (secondary N) is 1. The Balaban J connectivity index is 1.68. The molecule has 2 aromatic carbocycles. The minimum atomic E-state index is -0.158. The second-order valence-corrected chi connectivity index (χ2v) is 8.29. The van der Waals surface area contributed by atoms with Gasteiger partial charge in [0.1, 0.15) is 0 Å². The molecule has 1 aliphatic carbocycles. The third-order valence-electron chi connectivity index (χ3n) is 5.86. The number of nitrogens with zero attached hydrogens (tertiary/aromatic N) is 2. The molecule has 2 aromatic rings. The van der Waals surface area contributed by atoms with Crippen molar-refractivity contribution in [2.75, 3.05) is 29.4 Å². The highest BCUT2D eigenvalue weighted by Crippen LogP contribution is 2.42. The quantitative estimate of drug-likeness (QED) is 0.777. The van der Waals surface area contributed by atoms with Crippen molar-refractivity contribution in [3.8, 4) is 11.1 Å². The van der Waals surface area contributed by atoms with Crippen LogP contribution in [0.2, 0.25) is 0 Å². The smallest absolute Gasteiger partial charge is 0.251 e. The number of hydrogen-bond acceptors (Lipinski definition) is 4. The number of carbonyl (C=O) groups excluding carboxylic acids is 3. The molecule has 0 spiro atoms. The number of nitrogens with two attached hydrogens (primary N) is 1. The fourth-order valence-electron chi connectivity index (χ4n) is 4.15. The summed E-state index contributed by atoms with van der Waals surface area (Å²) in [7, 11) is 0. The molecule has 2 aliphatic rings. The summed E-state index contributed by atoms with van der Waals surface area (Å²) in [5.74, 6) is 0.0434. The second kappa shape index (κ2) is 8.51. The molecule has 0 bridgehead atoms. The summed E-state index contributed by atoms with van der Waals surface area (Å²) in [6.07, 6.45) is 1.87. The predicted octanol–water partition coefficient (Wildman–Crippen LogP) is 2.54. The number of benzene rings is 2. The summed E-state index contributed by atoms with van der Waals surface area (Å²) < 4.78 is 0. The molecule has 3 N–H and O–H groups in total. The Morgan fingerprint density at radius 2 is 1.71 bits per heavy atom. The lowest BCUT2D eigenvalue weighted by Crippen LogP contribution is -2.51. The van der Waals surface area contributed by atoms with E-state index in [0.29, 0.717) is 25.2 Å². The van der Waals surface area contributed by atoms with E-state index in [-0.39, 0.29) is 29.7 Å². The maximum absolute atomic E-state index is 13.0. The van der Waals surface area contributed by atoms with E-state index in [4.69, 9.17) is 5.73 Å². The minimum absolute atomic E-state index is 0.0344. The highest BCUT2D eigenvalue weighted by molar-refractivity contribution is 6.06. The molecule has 1 atom stereocenters. The third-order valence-corrected chi connectivity index (χ3v) is 5.86. The zero-order valence-corrected chi connectivity index (χ0v) is 17.9. The van der Waals surface area contributed by atoms with Gasteiger partial charge in [0.05, 0.1) is 17.4 Å². The number of rotatable bonds is 5. The number of hydrogen-bond donors (Lipinski definition) is 2. The van der Waals surface area contributed by atoms with Gasteiger partial charge in [0, 0.05) is 38.0 Å². The first-order chi connectivity index (χ1) is 14.9. The third kappa shape index (κ3) is 4.18. The Bertz CT molecular complexity index is 1010. The number of anilines is 2. The van der Waals surface area contributed by atoms with E-state index in [1.807, 2.05) is 42.2 Å². The summed E-state index contributed by atoms with van der Waals surface area (Å²) in [4.78, 5) is 41.0. The van der Waals surface area contributed by atoms with Crippen molar-refractivity contribution in [3.63, 3.8) is 0 Å². The maximum atomic E-state index is 13.0. The molecule has 1 saturated carbocycles. The maximum Gasteiger partial charge on any atom is 0.251 e. The minimum Gasteiger partial charge on any atom is -0.351 e. The van der Waals surface area contributed by atoms with E-state index in [9.17, 15) is 14.4 Å². The Hall–Kier alpha value is -3.19. The SMILES string of the molecule is CC(=O)N1c2ccc(-c3ccc(C(=O)NCCN)cc3)cc2N(C(=O)C2CC2)CC1C. The van der Waals surface area contributed by atoms with Gasteiger partial charge in [-0.3, -0.25) is 14.4 Å². The zero-order valence-electron chi connectivity index (χ0n) is 17.9.